The normalized spacial score (nSPS) is 17.9. The van der Waals surface area contributed by atoms with Crippen LogP contribution in [0, 0.1) is 13.8 Å². The number of aryl methyl sites for hydroxylation is 2. The van der Waals surface area contributed by atoms with E-state index in [9.17, 15) is 4.79 Å². The van der Waals surface area contributed by atoms with Gasteiger partial charge in [-0.1, -0.05) is 18.2 Å². The topological polar surface area (TPSA) is 94.0 Å². The zero-order chi connectivity index (χ0) is 19.0. The van der Waals surface area contributed by atoms with Crippen LogP contribution >= 0.6 is 0 Å². The first-order valence-corrected chi connectivity index (χ1v) is 8.71. The van der Waals surface area contributed by atoms with Gasteiger partial charge in [0, 0.05) is 23.0 Å². The Morgan fingerprint density at radius 3 is 2.67 bits per heavy atom. The number of nitrogens with zero attached hydrogens (tertiary/aromatic N) is 4. The molecule has 0 bridgehead atoms. The molecule has 1 aromatic carbocycles. The molecule has 2 aromatic heterocycles. The third-order valence-electron chi connectivity index (χ3n) is 4.37. The molecule has 138 valence electrons. The van der Waals surface area contributed by atoms with E-state index < -0.39 is 0 Å². The highest BCUT2D eigenvalue weighted by Gasteiger charge is 2.32. The molecule has 2 amide bonds. The fraction of sp³-hybridized carbons (Fsp3) is 0.263. The lowest BCUT2D eigenvalue weighted by atomic mass is 10.1. The summed E-state index contributed by atoms with van der Waals surface area (Å²) >= 11 is 0. The highest BCUT2D eigenvalue weighted by atomic mass is 16.5. The second-order valence-corrected chi connectivity index (χ2v) is 6.52. The minimum atomic E-state index is -0.349. The van der Waals surface area contributed by atoms with Gasteiger partial charge in [-0.2, -0.15) is 9.78 Å². The van der Waals surface area contributed by atoms with Gasteiger partial charge < -0.3 is 10.1 Å². The Hall–Kier alpha value is -3.42. The lowest BCUT2D eigenvalue weighted by molar-refractivity contribution is 0.204. The maximum absolute atomic E-state index is 12.6. The van der Waals surface area contributed by atoms with Crippen LogP contribution < -0.4 is 15.4 Å². The summed E-state index contributed by atoms with van der Waals surface area (Å²) in [5, 5.41) is 10.0. The molecule has 2 atom stereocenters. The van der Waals surface area contributed by atoms with Crippen LogP contribution in [0.2, 0.25) is 0 Å². The molecule has 0 saturated carbocycles. The van der Waals surface area contributed by atoms with E-state index in [1.807, 2.05) is 51.1 Å². The Bertz CT molecular complexity index is 979. The molecule has 27 heavy (non-hydrogen) atoms. The summed E-state index contributed by atoms with van der Waals surface area (Å²) in [7, 11) is 0. The number of ether oxygens (including phenoxy) is 1. The Labute approximate surface area is 156 Å². The van der Waals surface area contributed by atoms with Crippen molar-refractivity contribution in [2.45, 2.75) is 32.9 Å². The number of amides is 2. The van der Waals surface area contributed by atoms with E-state index in [1.165, 1.54) is 4.68 Å². The van der Waals surface area contributed by atoms with Gasteiger partial charge in [0.25, 0.3) is 5.95 Å². The van der Waals surface area contributed by atoms with Gasteiger partial charge in [0.05, 0.1) is 12.2 Å². The molecule has 8 heteroatoms. The molecule has 4 rings (SSSR count). The number of aromatic nitrogens is 4. The molecule has 3 heterocycles. The number of anilines is 1. The first kappa shape index (κ1) is 17.0. The first-order valence-electron chi connectivity index (χ1n) is 8.71. The molecule has 0 saturated heterocycles. The van der Waals surface area contributed by atoms with E-state index in [-0.39, 0.29) is 18.2 Å². The Balaban J connectivity index is 1.52. The van der Waals surface area contributed by atoms with Crippen LogP contribution in [-0.4, -0.2) is 31.9 Å². The van der Waals surface area contributed by atoms with Crippen molar-refractivity contribution in [2.24, 2.45) is 0 Å². The number of benzene rings is 1. The zero-order valence-electron chi connectivity index (χ0n) is 15.3. The van der Waals surface area contributed by atoms with Gasteiger partial charge >= 0.3 is 6.03 Å². The predicted octanol–water partition coefficient (Wildman–Crippen LogP) is 2.92. The summed E-state index contributed by atoms with van der Waals surface area (Å²) in [5.41, 5.74) is 2.63. The molecule has 0 spiro atoms. The molecule has 3 aromatic rings. The monoisotopic (exact) mass is 364 g/mol. The van der Waals surface area contributed by atoms with E-state index in [0.717, 1.165) is 22.7 Å². The van der Waals surface area contributed by atoms with Gasteiger partial charge in [-0.15, -0.1) is 0 Å². The van der Waals surface area contributed by atoms with Gasteiger partial charge in [-0.25, -0.2) is 14.8 Å². The number of nitrogens with one attached hydrogen (secondary N) is 2. The van der Waals surface area contributed by atoms with Gasteiger partial charge in [0.15, 0.2) is 0 Å². The van der Waals surface area contributed by atoms with E-state index in [4.69, 9.17) is 4.74 Å². The van der Waals surface area contributed by atoms with E-state index in [0.29, 0.717) is 11.8 Å². The van der Waals surface area contributed by atoms with Crippen LogP contribution in [0.25, 0.3) is 5.95 Å². The average Bonchev–Trinajstić information content (AvgIpc) is 3.19. The predicted molar refractivity (Wildman–Crippen MR) is 100 cm³/mol. The van der Waals surface area contributed by atoms with Crippen molar-refractivity contribution in [3.05, 3.63) is 59.5 Å². The Morgan fingerprint density at radius 2 is 1.89 bits per heavy atom. The van der Waals surface area contributed by atoms with Crippen molar-refractivity contribution in [3.63, 3.8) is 0 Å². The molecular formula is C19H20N6O2. The van der Waals surface area contributed by atoms with Gasteiger partial charge in [0.2, 0.25) is 0 Å². The maximum atomic E-state index is 12.6. The number of urea groups is 1. The number of carbonyl (C=O) groups excluding carboxylic acids is 1. The summed E-state index contributed by atoms with van der Waals surface area (Å²) in [5.74, 6) is 1.69. The fourth-order valence-electron chi connectivity index (χ4n) is 3.21. The van der Waals surface area contributed by atoms with Crippen molar-refractivity contribution in [3.8, 4) is 11.7 Å². The second-order valence-electron chi connectivity index (χ2n) is 6.52. The van der Waals surface area contributed by atoms with Crippen molar-refractivity contribution >= 4 is 11.8 Å². The van der Waals surface area contributed by atoms with Crippen molar-refractivity contribution in [1.29, 1.82) is 0 Å². The SMILES string of the molecule is Cc1cc(C)nc(-n2nccc2NC(=O)NC2c3ccccc3OC2C)n1. The lowest BCUT2D eigenvalue weighted by Gasteiger charge is -2.17. The lowest BCUT2D eigenvalue weighted by Crippen LogP contribution is -2.37. The number of rotatable bonds is 3. The molecule has 1 aliphatic heterocycles. The Morgan fingerprint density at radius 1 is 1.15 bits per heavy atom. The van der Waals surface area contributed by atoms with Crippen molar-refractivity contribution in [1.82, 2.24) is 25.1 Å². The summed E-state index contributed by atoms with van der Waals surface area (Å²) in [6.45, 7) is 5.71. The molecule has 0 radical (unpaired) electrons. The maximum Gasteiger partial charge on any atom is 0.321 e. The highest BCUT2D eigenvalue weighted by molar-refractivity contribution is 5.89. The third kappa shape index (κ3) is 3.33. The average molecular weight is 364 g/mol. The first-order chi connectivity index (χ1) is 13.0. The standard InChI is InChI=1S/C19H20N6O2/c1-11-10-12(2)22-18(21-11)25-16(8-9-20-25)23-19(26)24-17-13(3)27-15-7-5-4-6-14(15)17/h4-10,13,17H,1-3H3,(H2,23,24,26). The number of hydrogen-bond donors (Lipinski definition) is 2. The molecule has 0 aliphatic carbocycles. The molecular weight excluding hydrogens is 344 g/mol. The minimum Gasteiger partial charge on any atom is -0.488 e. The summed E-state index contributed by atoms with van der Waals surface area (Å²) in [4.78, 5) is 21.4. The number of para-hydroxylation sites is 1. The van der Waals surface area contributed by atoms with Crippen LogP contribution in [0.5, 0.6) is 5.75 Å². The number of carbonyl (C=O) groups is 1. The largest absolute Gasteiger partial charge is 0.488 e. The van der Waals surface area contributed by atoms with Crippen LogP contribution in [0.15, 0.2) is 42.6 Å². The Kier molecular flexibility index (Phi) is 4.23. The van der Waals surface area contributed by atoms with E-state index in [2.05, 4.69) is 25.7 Å². The van der Waals surface area contributed by atoms with Crippen molar-refractivity contribution in [2.75, 3.05) is 5.32 Å². The smallest absolute Gasteiger partial charge is 0.321 e. The summed E-state index contributed by atoms with van der Waals surface area (Å²) in [6, 6.07) is 10.7. The van der Waals surface area contributed by atoms with Crippen LogP contribution in [0.1, 0.15) is 29.9 Å². The minimum absolute atomic E-state index is 0.152. The van der Waals surface area contributed by atoms with Crippen molar-refractivity contribution < 1.29 is 9.53 Å². The zero-order valence-corrected chi connectivity index (χ0v) is 15.3. The van der Waals surface area contributed by atoms with Crippen LogP contribution in [0.4, 0.5) is 10.6 Å². The van der Waals surface area contributed by atoms with Crippen LogP contribution in [0.3, 0.4) is 0 Å². The van der Waals surface area contributed by atoms with Crippen LogP contribution in [-0.2, 0) is 0 Å². The quantitative estimate of drug-likeness (QED) is 0.745. The summed E-state index contributed by atoms with van der Waals surface area (Å²) in [6.07, 6.45) is 1.44. The van der Waals surface area contributed by atoms with Gasteiger partial charge in [0.1, 0.15) is 17.7 Å². The molecule has 2 N–H and O–H groups in total. The van der Waals surface area contributed by atoms with E-state index >= 15 is 0 Å². The highest BCUT2D eigenvalue weighted by Crippen LogP contribution is 2.36. The summed E-state index contributed by atoms with van der Waals surface area (Å²) < 4.78 is 7.30. The molecule has 0 fully saturated rings. The molecule has 1 aliphatic rings. The number of hydrogen-bond acceptors (Lipinski definition) is 5. The second kappa shape index (κ2) is 6.71. The van der Waals surface area contributed by atoms with Gasteiger partial charge in [-0.3, -0.25) is 5.32 Å². The van der Waals surface area contributed by atoms with E-state index in [1.54, 1.807) is 12.3 Å². The fourth-order valence-corrected chi connectivity index (χ4v) is 3.21. The van der Waals surface area contributed by atoms with Gasteiger partial charge in [-0.05, 0) is 32.9 Å². The molecule has 8 nitrogen and oxygen atoms in total. The number of fused-ring (bicyclic) bond motifs is 1. The third-order valence-corrected chi connectivity index (χ3v) is 4.37. The molecule has 2 unspecified atom stereocenters.